The molecule has 59 heavy (non-hydrogen) atoms. The summed E-state index contributed by atoms with van der Waals surface area (Å²) in [5, 5.41) is 55.0. The van der Waals surface area contributed by atoms with Crippen LogP contribution >= 0.6 is 0 Å². The first-order valence-electron chi connectivity index (χ1n) is 22.6. The summed E-state index contributed by atoms with van der Waals surface area (Å²) >= 11 is 0. The number of rotatable bonds is 37. The molecule has 14 heteroatoms. The summed E-state index contributed by atoms with van der Waals surface area (Å²) in [7, 11) is -5.12. The number of aliphatic hydroxyl groups excluding tert-OH is 5. The highest BCUT2D eigenvalue weighted by Gasteiger charge is 2.48. The summed E-state index contributed by atoms with van der Waals surface area (Å²) in [5.41, 5.74) is 0. The van der Waals surface area contributed by atoms with E-state index in [1.165, 1.54) is 89.5 Å². The molecule has 13 nitrogen and oxygen atoms in total. The zero-order valence-corrected chi connectivity index (χ0v) is 37.0. The van der Waals surface area contributed by atoms with Gasteiger partial charge in [0.05, 0.1) is 25.4 Å². The lowest BCUT2D eigenvalue weighted by Gasteiger charge is -2.41. The van der Waals surface area contributed by atoms with E-state index in [0.717, 1.165) is 51.4 Å². The van der Waals surface area contributed by atoms with Crippen LogP contribution in [-0.4, -0.2) is 107 Å². The van der Waals surface area contributed by atoms with Crippen molar-refractivity contribution in [2.45, 2.75) is 217 Å². The third kappa shape index (κ3) is 28.3. The quantitative estimate of drug-likeness (QED) is 0.0184. The molecule has 0 aliphatic carbocycles. The number of carbonyl (C=O) groups excluding carboxylic acids is 1. The number of hydrogen-bond donors (Lipinski definition) is 7. The fourth-order valence-corrected chi connectivity index (χ4v) is 7.37. The van der Waals surface area contributed by atoms with Gasteiger partial charge in [-0.05, 0) is 57.8 Å². The van der Waals surface area contributed by atoms with Gasteiger partial charge in [0.25, 0.3) is 0 Å². The van der Waals surface area contributed by atoms with E-state index in [-0.39, 0.29) is 6.42 Å². The maximum absolute atomic E-state index is 13.1. The molecule has 0 aromatic heterocycles. The minimum Gasteiger partial charge on any atom is -0.394 e. The van der Waals surface area contributed by atoms with Gasteiger partial charge in [-0.25, -0.2) is 4.18 Å². The summed E-state index contributed by atoms with van der Waals surface area (Å²) in [6.45, 7) is 3.04. The SMILES string of the molecule is CC/C=C\C/C=C\CCCCCCCCCCCCCCCC(O)C(=O)NC(COC1OC(CO)C(O)C(OS(=O)(=O)O)C1O)C(O)/C=C/CC/C=C/CCCCCC. The molecule has 0 saturated carbocycles. The summed E-state index contributed by atoms with van der Waals surface area (Å²) in [4.78, 5) is 13.1. The molecule has 1 rings (SSSR count). The molecule has 7 N–H and O–H groups in total. The highest BCUT2D eigenvalue weighted by molar-refractivity contribution is 7.80. The predicted molar refractivity (Wildman–Crippen MR) is 233 cm³/mol. The molecule has 1 saturated heterocycles. The predicted octanol–water partition coefficient (Wildman–Crippen LogP) is 7.46. The Morgan fingerprint density at radius 3 is 1.81 bits per heavy atom. The highest BCUT2D eigenvalue weighted by atomic mass is 32.3. The van der Waals surface area contributed by atoms with Crippen LogP contribution in [0.25, 0.3) is 0 Å². The Morgan fingerprint density at radius 1 is 0.712 bits per heavy atom. The molecule has 1 amide bonds. The second-order valence-corrected chi connectivity index (χ2v) is 16.8. The van der Waals surface area contributed by atoms with Crippen LogP contribution in [0.4, 0.5) is 0 Å². The number of hydrogen-bond acceptors (Lipinski definition) is 11. The first-order chi connectivity index (χ1) is 28.4. The third-order valence-electron chi connectivity index (χ3n) is 10.5. The van der Waals surface area contributed by atoms with Crippen LogP contribution in [0.3, 0.4) is 0 Å². The Labute approximate surface area is 356 Å². The van der Waals surface area contributed by atoms with E-state index in [0.29, 0.717) is 12.8 Å². The fourth-order valence-electron chi connectivity index (χ4n) is 6.87. The Bertz CT molecular complexity index is 1260. The van der Waals surface area contributed by atoms with Gasteiger partial charge >= 0.3 is 10.4 Å². The summed E-state index contributed by atoms with van der Waals surface area (Å²) < 4.78 is 47.4. The molecular formula is C45H81NO12S. The van der Waals surface area contributed by atoms with Crippen molar-refractivity contribution < 1.29 is 57.0 Å². The largest absolute Gasteiger partial charge is 0.397 e. The lowest BCUT2D eigenvalue weighted by atomic mass is 9.99. The van der Waals surface area contributed by atoms with Gasteiger partial charge in [0.15, 0.2) is 6.29 Å². The van der Waals surface area contributed by atoms with Crippen LogP contribution < -0.4 is 5.32 Å². The highest BCUT2D eigenvalue weighted by Crippen LogP contribution is 2.26. The minimum atomic E-state index is -5.12. The Hall–Kier alpha value is -1.98. The summed E-state index contributed by atoms with van der Waals surface area (Å²) in [6.07, 6.45) is 30.7. The first kappa shape index (κ1) is 55.0. The van der Waals surface area contributed by atoms with E-state index in [1.807, 2.05) is 0 Å². The van der Waals surface area contributed by atoms with Gasteiger partial charge in [0.2, 0.25) is 5.91 Å². The van der Waals surface area contributed by atoms with Crippen LogP contribution in [0.2, 0.25) is 0 Å². The van der Waals surface area contributed by atoms with Crippen LogP contribution in [0.5, 0.6) is 0 Å². The van der Waals surface area contributed by atoms with Crippen molar-refractivity contribution in [3.8, 4) is 0 Å². The number of aliphatic hydroxyl groups is 5. The molecule has 1 fully saturated rings. The molecule has 8 unspecified atom stereocenters. The third-order valence-corrected chi connectivity index (χ3v) is 10.9. The average Bonchev–Trinajstić information content (AvgIpc) is 3.20. The number of carbonyl (C=O) groups is 1. The number of amides is 1. The van der Waals surface area contributed by atoms with Crippen molar-refractivity contribution in [3.05, 3.63) is 48.6 Å². The maximum Gasteiger partial charge on any atom is 0.397 e. The van der Waals surface area contributed by atoms with E-state index in [2.05, 4.69) is 59.8 Å². The van der Waals surface area contributed by atoms with Gasteiger partial charge in [-0.1, -0.05) is 159 Å². The molecule has 1 heterocycles. The van der Waals surface area contributed by atoms with Crippen LogP contribution in [0.1, 0.15) is 168 Å². The molecular weight excluding hydrogens is 779 g/mol. The molecule has 1 aliphatic heterocycles. The topological polar surface area (TPSA) is 212 Å². The zero-order valence-electron chi connectivity index (χ0n) is 36.2. The summed E-state index contributed by atoms with van der Waals surface area (Å²) in [5.74, 6) is -0.717. The van der Waals surface area contributed by atoms with Crippen molar-refractivity contribution in [3.63, 3.8) is 0 Å². The van der Waals surface area contributed by atoms with Crippen molar-refractivity contribution in [2.75, 3.05) is 13.2 Å². The molecule has 0 spiro atoms. The fraction of sp³-hybridized carbons (Fsp3) is 0.800. The van der Waals surface area contributed by atoms with Gasteiger partial charge in [0, 0.05) is 0 Å². The van der Waals surface area contributed by atoms with Gasteiger partial charge in [-0.2, -0.15) is 8.42 Å². The van der Waals surface area contributed by atoms with Crippen molar-refractivity contribution >= 4 is 16.3 Å². The van der Waals surface area contributed by atoms with Crippen molar-refractivity contribution in [2.24, 2.45) is 0 Å². The number of ether oxygens (including phenoxy) is 2. The standard InChI is InChI=1S/C45H81NO12S/c1-3-5-7-9-11-13-15-16-17-18-19-20-21-22-23-24-26-28-30-32-34-39(49)44(52)46-37(38(48)33-31-29-27-25-14-12-10-8-6-4-2)36-56-45-42(51)43(58-59(53,54)55)41(50)40(35-47)57-45/h5,7,11,13-14,25,31,33,37-43,45,47-51H,3-4,6,8-10,12,15-24,26-30,32,34-36H2,1-2H3,(H,46,52)(H,53,54,55)/b7-5-,13-11-,25-14+,33-31+. The number of nitrogens with one attached hydrogen (secondary N) is 1. The Kier molecular flexibility index (Phi) is 33.2. The van der Waals surface area contributed by atoms with E-state index >= 15 is 0 Å². The molecule has 0 aromatic rings. The maximum atomic E-state index is 13.1. The lowest BCUT2D eigenvalue weighted by molar-refractivity contribution is -0.298. The number of allylic oxidation sites excluding steroid dienone is 7. The van der Waals surface area contributed by atoms with Gasteiger partial charge in [0.1, 0.15) is 30.5 Å². The second-order valence-electron chi connectivity index (χ2n) is 15.7. The van der Waals surface area contributed by atoms with Crippen LogP contribution in [0.15, 0.2) is 48.6 Å². The monoisotopic (exact) mass is 860 g/mol. The van der Waals surface area contributed by atoms with E-state index in [4.69, 9.17) is 14.0 Å². The average molecular weight is 860 g/mol. The molecule has 344 valence electrons. The smallest absolute Gasteiger partial charge is 0.394 e. The molecule has 8 atom stereocenters. The Balaban J connectivity index is 2.52. The first-order valence-corrected chi connectivity index (χ1v) is 24.0. The number of unbranched alkanes of at least 4 members (excludes halogenated alkanes) is 18. The van der Waals surface area contributed by atoms with E-state index in [9.17, 15) is 38.7 Å². The van der Waals surface area contributed by atoms with Gasteiger partial charge < -0.3 is 40.3 Å². The molecule has 0 radical (unpaired) electrons. The lowest BCUT2D eigenvalue weighted by Crippen LogP contribution is -2.61. The van der Waals surface area contributed by atoms with Gasteiger partial charge in [-0.3, -0.25) is 9.35 Å². The summed E-state index contributed by atoms with van der Waals surface area (Å²) in [6, 6.07) is -1.14. The molecule has 1 aliphatic rings. The van der Waals surface area contributed by atoms with Crippen LogP contribution in [0, 0.1) is 0 Å². The van der Waals surface area contributed by atoms with Crippen molar-refractivity contribution in [1.82, 2.24) is 5.32 Å². The molecule has 0 aromatic carbocycles. The van der Waals surface area contributed by atoms with E-state index < -0.39 is 78.5 Å². The minimum absolute atomic E-state index is 0.234. The van der Waals surface area contributed by atoms with Crippen molar-refractivity contribution in [1.29, 1.82) is 0 Å². The Morgan fingerprint density at radius 2 is 1.24 bits per heavy atom. The molecule has 0 bridgehead atoms. The van der Waals surface area contributed by atoms with E-state index in [1.54, 1.807) is 6.08 Å². The zero-order chi connectivity index (χ0) is 43.6. The normalized spacial score (nSPS) is 21.9. The van der Waals surface area contributed by atoms with Gasteiger partial charge in [-0.15, -0.1) is 0 Å². The van der Waals surface area contributed by atoms with Crippen LogP contribution in [-0.2, 0) is 28.9 Å². The second kappa shape index (κ2) is 35.6.